The molecule has 0 saturated heterocycles. The molecule has 4 nitrogen and oxygen atoms in total. The highest BCUT2D eigenvalue weighted by molar-refractivity contribution is 7.17. The molecule has 94 valence electrons. The summed E-state index contributed by atoms with van der Waals surface area (Å²) in [7, 11) is 1.50. The lowest BCUT2D eigenvalue weighted by molar-refractivity contribution is 0.0697. The zero-order valence-electron chi connectivity index (χ0n) is 9.51. The summed E-state index contributed by atoms with van der Waals surface area (Å²) >= 11 is 7.02. The van der Waals surface area contributed by atoms with Gasteiger partial charge in [0, 0.05) is 17.7 Å². The molecule has 0 spiro atoms. The van der Waals surface area contributed by atoms with Gasteiger partial charge in [0.2, 0.25) is 0 Å². The van der Waals surface area contributed by atoms with Crippen LogP contribution in [0.2, 0.25) is 5.02 Å². The summed E-state index contributed by atoms with van der Waals surface area (Å²) in [5, 5.41) is 10.3. The Balaban J connectivity index is 2.46. The summed E-state index contributed by atoms with van der Waals surface area (Å²) in [5.74, 6) is -0.993. The van der Waals surface area contributed by atoms with Crippen molar-refractivity contribution in [3.63, 3.8) is 0 Å². The molecule has 0 atom stereocenters. The lowest BCUT2D eigenvalue weighted by Crippen LogP contribution is -1.99. The number of aromatic carboxylic acids is 1. The number of rotatable bonds is 4. The number of carboxylic acids is 1. The molecule has 0 radical (unpaired) electrons. The van der Waals surface area contributed by atoms with Crippen LogP contribution < -0.4 is 0 Å². The molecule has 0 unspecified atom stereocenters. The van der Waals surface area contributed by atoms with Crippen molar-refractivity contribution in [2.24, 2.45) is 0 Å². The van der Waals surface area contributed by atoms with E-state index in [0.717, 1.165) is 16.9 Å². The van der Waals surface area contributed by atoms with E-state index >= 15 is 0 Å². The lowest BCUT2D eigenvalue weighted by Gasteiger charge is -1.96. The number of halogens is 1. The van der Waals surface area contributed by atoms with Crippen LogP contribution >= 0.6 is 22.9 Å². The molecule has 0 aliphatic rings. The summed E-state index contributed by atoms with van der Waals surface area (Å²) in [6, 6.07) is 7.15. The van der Waals surface area contributed by atoms with Crippen LogP contribution in [0.1, 0.15) is 15.4 Å². The van der Waals surface area contributed by atoms with Gasteiger partial charge in [0.25, 0.3) is 0 Å². The van der Waals surface area contributed by atoms with Crippen LogP contribution in [0.3, 0.4) is 0 Å². The second-order valence-electron chi connectivity index (χ2n) is 3.54. The first-order valence-electron chi connectivity index (χ1n) is 5.09. The van der Waals surface area contributed by atoms with Crippen molar-refractivity contribution >= 4 is 28.9 Å². The average Bonchev–Trinajstić information content (AvgIpc) is 2.74. The molecule has 1 N–H and O–H groups in total. The number of nitrogens with zero attached hydrogens (tertiary/aromatic N) is 1. The van der Waals surface area contributed by atoms with Crippen molar-refractivity contribution in [3.05, 3.63) is 39.9 Å². The number of carbonyl (C=O) groups is 1. The molecule has 2 aromatic rings. The number of hydrogen-bond acceptors (Lipinski definition) is 4. The first-order chi connectivity index (χ1) is 8.61. The van der Waals surface area contributed by atoms with E-state index in [2.05, 4.69) is 4.98 Å². The molecule has 0 amide bonds. The zero-order valence-corrected chi connectivity index (χ0v) is 11.1. The van der Waals surface area contributed by atoms with Gasteiger partial charge in [0.1, 0.15) is 9.88 Å². The molecule has 2 rings (SSSR count). The fraction of sp³-hybridized carbons (Fsp3) is 0.167. The van der Waals surface area contributed by atoms with Crippen molar-refractivity contribution in [2.45, 2.75) is 6.61 Å². The first-order valence-corrected chi connectivity index (χ1v) is 6.29. The van der Waals surface area contributed by atoms with Crippen LogP contribution in [0, 0.1) is 0 Å². The van der Waals surface area contributed by atoms with Gasteiger partial charge in [-0.25, -0.2) is 9.78 Å². The first kappa shape index (κ1) is 13.0. The molecule has 0 aliphatic heterocycles. The normalized spacial score (nSPS) is 10.6. The smallest absolute Gasteiger partial charge is 0.347 e. The Bertz CT molecular complexity index is 582. The molecule has 1 heterocycles. The summed E-state index contributed by atoms with van der Waals surface area (Å²) < 4.78 is 4.95. The topological polar surface area (TPSA) is 59.4 Å². The Labute approximate surface area is 113 Å². The average molecular weight is 284 g/mol. The van der Waals surface area contributed by atoms with Crippen molar-refractivity contribution in [1.82, 2.24) is 4.98 Å². The molecule has 0 aliphatic carbocycles. The Morgan fingerprint density at radius 2 is 2.33 bits per heavy atom. The minimum atomic E-state index is -0.993. The predicted molar refractivity (Wildman–Crippen MR) is 70.2 cm³/mol. The van der Waals surface area contributed by atoms with Gasteiger partial charge in [0.05, 0.1) is 12.3 Å². The number of methoxy groups -OCH3 is 1. The molecular weight excluding hydrogens is 274 g/mol. The summed E-state index contributed by atoms with van der Waals surface area (Å²) in [6.07, 6.45) is 0. The molecule has 0 bridgehead atoms. The predicted octanol–water partition coefficient (Wildman–Crippen LogP) is 3.31. The van der Waals surface area contributed by atoms with Gasteiger partial charge in [-0.1, -0.05) is 23.7 Å². The van der Waals surface area contributed by atoms with E-state index in [4.69, 9.17) is 21.4 Å². The molecule has 0 saturated carbocycles. The monoisotopic (exact) mass is 283 g/mol. The molecule has 6 heteroatoms. The highest BCUT2D eigenvalue weighted by Gasteiger charge is 2.17. The third-order valence-corrected chi connectivity index (χ3v) is 3.61. The maximum absolute atomic E-state index is 11.1. The molecule has 18 heavy (non-hydrogen) atoms. The maximum atomic E-state index is 11.1. The van der Waals surface area contributed by atoms with Gasteiger partial charge >= 0.3 is 5.97 Å². The molecule has 1 aromatic carbocycles. The quantitative estimate of drug-likeness (QED) is 0.935. The van der Waals surface area contributed by atoms with Gasteiger partial charge in [-0.3, -0.25) is 0 Å². The van der Waals surface area contributed by atoms with Crippen molar-refractivity contribution in [2.75, 3.05) is 7.11 Å². The summed E-state index contributed by atoms with van der Waals surface area (Å²) in [5.41, 5.74) is 1.24. The number of ether oxygens (including phenoxy) is 1. The third kappa shape index (κ3) is 2.69. The highest BCUT2D eigenvalue weighted by Crippen LogP contribution is 2.30. The molecular formula is C12H10ClNO3S. The Morgan fingerprint density at radius 3 is 2.94 bits per heavy atom. The van der Waals surface area contributed by atoms with Gasteiger partial charge in [0.15, 0.2) is 0 Å². The molecule has 1 aromatic heterocycles. The zero-order chi connectivity index (χ0) is 13.1. The SMILES string of the molecule is COCc1nc(-c2cccc(Cl)c2)sc1C(=O)O. The van der Waals surface area contributed by atoms with Gasteiger partial charge < -0.3 is 9.84 Å². The van der Waals surface area contributed by atoms with E-state index in [9.17, 15) is 4.79 Å². The van der Waals surface area contributed by atoms with Crippen LogP contribution in [0.15, 0.2) is 24.3 Å². The van der Waals surface area contributed by atoms with Gasteiger partial charge in [-0.05, 0) is 12.1 Å². The van der Waals surface area contributed by atoms with Gasteiger partial charge in [-0.15, -0.1) is 11.3 Å². The van der Waals surface area contributed by atoms with E-state index in [1.54, 1.807) is 18.2 Å². The fourth-order valence-electron chi connectivity index (χ4n) is 1.50. The van der Waals surface area contributed by atoms with Crippen LogP contribution in [0.25, 0.3) is 10.6 Å². The number of benzene rings is 1. The van der Waals surface area contributed by atoms with Crippen molar-refractivity contribution in [1.29, 1.82) is 0 Å². The van der Waals surface area contributed by atoms with Crippen molar-refractivity contribution < 1.29 is 14.6 Å². The lowest BCUT2D eigenvalue weighted by atomic mass is 10.2. The van der Waals surface area contributed by atoms with E-state index in [1.165, 1.54) is 7.11 Å². The van der Waals surface area contributed by atoms with E-state index in [0.29, 0.717) is 15.7 Å². The Hall–Kier alpha value is -1.43. The van der Waals surface area contributed by atoms with Crippen LogP contribution in [-0.4, -0.2) is 23.2 Å². The van der Waals surface area contributed by atoms with Crippen LogP contribution in [0.5, 0.6) is 0 Å². The van der Waals surface area contributed by atoms with Gasteiger partial charge in [-0.2, -0.15) is 0 Å². The molecule has 0 fully saturated rings. The number of aromatic nitrogens is 1. The van der Waals surface area contributed by atoms with E-state index in [1.807, 2.05) is 6.07 Å². The standard InChI is InChI=1S/C12H10ClNO3S/c1-17-6-9-10(12(15)16)18-11(14-9)7-3-2-4-8(13)5-7/h2-5H,6H2,1H3,(H,15,16). The minimum Gasteiger partial charge on any atom is -0.477 e. The largest absolute Gasteiger partial charge is 0.477 e. The summed E-state index contributed by atoms with van der Waals surface area (Å²) in [4.78, 5) is 15.6. The summed E-state index contributed by atoms with van der Waals surface area (Å²) in [6.45, 7) is 0.179. The van der Waals surface area contributed by atoms with Crippen LogP contribution in [0.4, 0.5) is 0 Å². The second kappa shape index (κ2) is 5.48. The van der Waals surface area contributed by atoms with E-state index in [-0.39, 0.29) is 11.5 Å². The Kier molecular flexibility index (Phi) is 3.96. The minimum absolute atomic E-state index is 0.179. The Morgan fingerprint density at radius 1 is 1.56 bits per heavy atom. The number of thiazole rings is 1. The van der Waals surface area contributed by atoms with Crippen LogP contribution in [-0.2, 0) is 11.3 Å². The van der Waals surface area contributed by atoms with Crippen molar-refractivity contribution in [3.8, 4) is 10.6 Å². The number of carboxylic acid groups (broad SMARTS) is 1. The fourth-order valence-corrected chi connectivity index (χ4v) is 2.59. The maximum Gasteiger partial charge on any atom is 0.347 e. The second-order valence-corrected chi connectivity index (χ2v) is 4.98. The third-order valence-electron chi connectivity index (χ3n) is 2.24. The highest BCUT2D eigenvalue weighted by atomic mass is 35.5. The number of hydrogen-bond donors (Lipinski definition) is 1. The van der Waals surface area contributed by atoms with E-state index < -0.39 is 5.97 Å².